The Morgan fingerprint density at radius 1 is 0.238 bits per heavy atom. The molecule has 0 aliphatic heterocycles. The van der Waals surface area contributed by atoms with E-state index in [9.17, 15) is 0 Å². The third kappa shape index (κ3) is 15.6. The van der Waals surface area contributed by atoms with Crippen LogP contribution in [0.15, 0.2) is 419 Å². The van der Waals surface area contributed by atoms with Gasteiger partial charge in [0.1, 0.15) is 11.5 Å². The van der Waals surface area contributed by atoms with E-state index in [0.717, 1.165) is 178 Å². The summed E-state index contributed by atoms with van der Waals surface area (Å²) in [6.07, 6.45) is 5.61. The van der Waals surface area contributed by atoms with Gasteiger partial charge in [-0.2, -0.15) is 0 Å². The lowest BCUT2D eigenvalue weighted by Crippen LogP contribution is -2.60. The van der Waals surface area contributed by atoms with Crippen molar-refractivity contribution >= 4 is 0 Å². The van der Waals surface area contributed by atoms with Crippen molar-refractivity contribution in [2.45, 2.75) is 103 Å². The van der Waals surface area contributed by atoms with E-state index in [-0.39, 0.29) is 10.8 Å². The van der Waals surface area contributed by atoms with Crippen molar-refractivity contribution in [2.24, 2.45) is 5.41 Å². The number of ether oxygens (including phenoxy) is 1. The summed E-state index contributed by atoms with van der Waals surface area (Å²) in [6, 6.07) is 153. The third-order valence-corrected chi connectivity index (χ3v) is 26.8. The summed E-state index contributed by atoms with van der Waals surface area (Å²) in [6.45, 7) is 16.9. The molecule has 1 aliphatic carbocycles. The van der Waals surface area contributed by atoms with Gasteiger partial charge in [-0.3, -0.25) is 0 Å². The van der Waals surface area contributed by atoms with Crippen LogP contribution in [0.2, 0.25) is 0 Å². The largest absolute Gasteiger partial charge is 0.457 e. The van der Waals surface area contributed by atoms with Crippen molar-refractivity contribution in [2.75, 3.05) is 0 Å². The number of fused-ring (bicyclic) bond motifs is 1. The topological polar surface area (TPSA) is 9.23 Å². The molecule has 18 rings (SSSR count). The van der Waals surface area contributed by atoms with Gasteiger partial charge in [-0.1, -0.05) is 431 Å². The molecule has 1 heteroatoms. The summed E-state index contributed by atoms with van der Waals surface area (Å²) in [5.41, 5.74) is 33.4. The highest BCUT2D eigenvalue weighted by Gasteiger charge is 2.66. The van der Waals surface area contributed by atoms with Crippen LogP contribution in [-0.2, 0) is 16.2 Å². The van der Waals surface area contributed by atoms with Crippen LogP contribution < -0.4 is 4.74 Å². The van der Waals surface area contributed by atoms with Crippen LogP contribution in [0.1, 0.15) is 148 Å². The fraction of sp³-hybridized carbons (Fsp3) is 0.136. The van der Waals surface area contributed by atoms with E-state index < -0.39 is 10.8 Å². The van der Waals surface area contributed by atoms with Crippen LogP contribution in [-0.4, -0.2) is 0 Å². The second-order valence-corrected chi connectivity index (χ2v) is 34.3. The molecule has 608 valence electrons. The highest BCUT2D eigenvalue weighted by molar-refractivity contribution is 6.16. The summed E-state index contributed by atoms with van der Waals surface area (Å²) in [4.78, 5) is 0. The maximum atomic E-state index is 7.26. The first kappa shape index (κ1) is 82.2. The van der Waals surface area contributed by atoms with Crippen molar-refractivity contribution in [3.05, 3.63) is 480 Å². The van der Waals surface area contributed by atoms with Crippen LogP contribution in [0.5, 0.6) is 11.5 Å². The van der Waals surface area contributed by atoms with Crippen LogP contribution in [0.3, 0.4) is 0 Å². The standard InChI is InChI=1S/C125H102O/c1-8-81-123(7,122(5,6)10-3)106-85-94(72-69-91-49-27-14-28-50-91)84-104(88-106)117-112(97-55-33-17-34-56-97)110(95-51-29-15-30-52-95)114(111(96-53-31-16-32-54-96)113(117)98-57-35-18-36-58-98)102-73-77-108(78-74-102)126-109-79-75-103(76-80-109)116-115(99-59-37-19-38-60-99)119(101-63-41-21-42-64-101)121-120(118(116)100-61-39-20-40-62-100)124(11-4,105-65-43-22-44-66-105)125(121,82-9-2)107-86-92(70-67-89-45-23-12-24-46-89)83-93(87-107)71-68-90-47-25-13-26-48-90/h12-66,73-80,83-88H,8-11,81-82H2,1-7H3. The zero-order valence-corrected chi connectivity index (χ0v) is 73.0. The molecule has 0 amide bonds. The molecule has 0 fully saturated rings. The monoisotopic (exact) mass is 1620 g/mol. The molecule has 0 aromatic heterocycles. The minimum atomic E-state index is -0.632. The van der Waals surface area contributed by atoms with Crippen molar-refractivity contribution in [1.29, 1.82) is 0 Å². The lowest BCUT2D eigenvalue weighted by atomic mass is 9.37. The second kappa shape index (κ2) is 36.3. The average molecular weight is 1620 g/mol. The zero-order chi connectivity index (χ0) is 86.0. The van der Waals surface area contributed by atoms with Crippen molar-refractivity contribution in [3.63, 3.8) is 0 Å². The Balaban J connectivity index is 0.850. The summed E-state index contributed by atoms with van der Waals surface area (Å²) in [5, 5.41) is 0. The van der Waals surface area contributed by atoms with Gasteiger partial charge in [0.15, 0.2) is 0 Å². The molecule has 0 saturated heterocycles. The Kier molecular flexibility index (Phi) is 23.7. The van der Waals surface area contributed by atoms with Gasteiger partial charge in [0, 0.05) is 44.2 Å². The molecular formula is C125H102O. The van der Waals surface area contributed by atoms with Gasteiger partial charge in [0.2, 0.25) is 0 Å². The van der Waals surface area contributed by atoms with Crippen molar-refractivity contribution < 1.29 is 4.74 Å². The maximum Gasteiger partial charge on any atom is 0.127 e. The number of benzene rings is 17. The SMILES string of the molecule is CCCC(C)(c1cc(C#Cc2ccccc2)cc(-c2c(-c3ccccc3)c(-c3ccccc3)c(-c3ccc(Oc4ccc(-c5c(-c6ccccc6)c(-c6ccccc6)c6c(c5-c5ccccc5)C(CC)(c5ccccc5)C6(CCC)c5cc(C#Cc6ccccc6)cc(C#Cc6ccccc6)c5)cc4)cc3)c(-c3ccccc3)c2-c2ccccc2)c1)C(C)(C)CC. The fourth-order valence-electron chi connectivity index (χ4n) is 20.3. The van der Waals surface area contributed by atoms with Crippen molar-refractivity contribution in [1.82, 2.24) is 0 Å². The summed E-state index contributed by atoms with van der Waals surface area (Å²) >= 11 is 0. The lowest BCUT2D eigenvalue weighted by molar-refractivity contribution is 0.156. The minimum absolute atomic E-state index is 0.0594. The van der Waals surface area contributed by atoms with Gasteiger partial charge in [-0.05, 0) is 260 Å². The molecule has 17 aromatic rings. The van der Waals surface area contributed by atoms with E-state index in [0.29, 0.717) is 0 Å². The molecule has 0 radical (unpaired) electrons. The van der Waals surface area contributed by atoms with Crippen LogP contribution >= 0.6 is 0 Å². The number of hydrogen-bond donors (Lipinski definition) is 0. The van der Waals surface area contributed by atoms with Gasteiger partial charge >= 0.3 is 0 Å². The van der Waals surface area contributed by atoms with E-state index in [1.807, 2.05) is 12.1 Å². The Hall–Kier alpha value is -14.8. The van der Waals surface area contributed by atoms with Gasteiger partial charge in [0.25, 0.3) is 0 Å². The first-order valence-electron chi connectivity index (χ1n) is 44.8. The first-order valence-corrected chi connectivity index (χ1v) is 44.8. The Labute approximate surface area is 746 Å². The lowest BCUT2D eigenvalue weighted by Gasteiger charge is -2.64. The molecule has 126 heavy (non-hydrogen) atoms. The molecule has 0 bridgehead atoms. The molecule has 0 heterocycles. The summed E-state index contributed by atoms with van der Waals surface area (Å²) in [7, 11) is 0. The third-order valence-electron chi connectivity index (χ3n) is 26.8. The molecule has 0 spiro atoms. The highest BCUT2D eigenvalue weighted by atomic mass is 16.5. The normalized spacial score (nSPS) is 14.3. The quantitative estimate of drug-likeness (QED) is 0.0615. The van der Waals surface area contributed by atoms with Gasteiger partial charge in [0.05, 0.1) is 0 Å². The zero-order valence-electron chi connectivity index (χ0n) is 73.0. The first-order chi connectivity index (χ1) is 61.9. The number of hydrogen-bond acceptors (Lipinski definition) is 1. The number of rotatable bonds is 22. The maximum absolute atomic E-state index is 7.26. The average Bonchev–Trinajstić information content (AvgIpc) is 0.639. The summed E-state index contributed by atoms with van der Waals surface area (Å²) in [5.74, 6) is 23.4. The second-order valence-electron chi connectivity index (χ2n) is 34.3. The fourth-order valence-corrected chi connectivity index (χ4v) is 20.3. The van der Waals surface area contributed by atoms with E-state index in [1.165, 1.54) is 44.5 Å². The van der Waals surface area contributed by atoms with Gasteiger partial charge in [-0.25, -0.2) is 0 Å². The van der Waals surface area contributed by atoms with E-state index in [4.69, 9.17) is 4.74 Å². The van der Waals surface area contributed by atoms with Crippen molar-refractivity contribution in [3.8, 4) is 158 Å². The van der Waals surface area contributed by atoms with Crippen LogP contribution in [0, 0.1) is 40.9 Å². The molecule has 1 aliphatic rings. The Morgan fingerprint density at radius 2 is 0.516 bits per heavy atom. The van der Waals surface area contributed by atoms with Gasteiger partial charge in [-0.15, -0.1) is 0 Å². The van der Waals surface area contributed by atoms with E-state index in [1.54, 1.807) is 0 Å². The molecular weight excluding hydrogens is 1520 g/mol. The van der Waals surface area contributed by atoms with Crippen LogP contribution in [0.25, 0.3) is 111 Å². The summed E-state index contributed by atoms with van der Waals surface area (Å²) < 4.78 is 7.26. The van der Waals surface area contributed by atoms with Crippen LogP contribution in [0.4, 0.5) is 0 Å². The molecule has 0 N–H and O–H groups in total. The minimum Gasteiger partial charge on any atom is -0.457 e. The predicted molar refractivity (Wildman–Crippen MR) is 531 cm³/mol. The predicted octanol–water partition coefficient (Wildman–Crippen LogP) is 32.6. The van der Waals surface area contributed by atoms with E-state index in [2.05, 4.69) is 490 Å². The van der Waals surface area contributed by atoms with E-state index >= 15 is 0 Å². The molecule has 17 aromatic carbocycles. The molecule has 3 atom stereocenters. The molecule has 0 saturated carbocycles. The highest BCUT2D eigenvalue weighted by Crippen LogP contribution is 2.73. The Bertz CT molecular complexity index is 6730. The van der Waals surface area contributed by atoms with Gasteiger partial charge < -0.3 is 4.74 Å². The molecule has 3 unspecified atom stereocenters. The Morgan fingerprint density at radius 3 is 0.833 bits per heavy atom. The smallest absolute Gasteiger partial charge is 0.127 e. The molecule has 1 nitrogen and oxygen atoms in total.